The highest BCUT2D eigenvalue weighted by molar-refractivity contribution is 5.86. The van der Waals surface area contributed by atoms with Gasteiger partial charge < -0.3 is 14.6 Å². The Labute approximate surface area is 130 Å². The highest BCUT2D eigenvalue weighted by atomic mass is 35.5. The van der Waals surface area contributed by atoms with Crippen molar-refractivity contribution < 1.29 is 9.21 Å². The first kappa shape index (κ1) is 15.9. The fourth-order valence-electron chi connectivity index (χ4n) is 2.79. The molecular formula is C16H21ClN2O2. The number of amides is 1. The number of benzene rings is 1. The molecule has 1 amide bonds. The number of likely N-dealkylation sites (N-methyl/N-ethyl adjacent to an activating group) is 1. The van der Waals surface area contributed by atoms with Gasteiger partial charge in [0.25, 0.3) is 0 Å². The number of hydrogen-bond donors (Lipinski definition) is 1. The van der Waals surface area contributed by atoms with Crippen LogP contribution in [0, 0.1) is 0 Å². The smallest absolute Gasteiger partial charge is 0.233 e. The summed E-state index contributed by atoms with van der Waals surface area (Å²) in [5.41, 5.74) is 0.840. The molecule has 1 aliphatic heterocycles. The Kier molecular flexibility index (Phi) is 4.91. The Morgan fingerprint density at radius 3 is 2.86 bits per heavy atom. The van der Waals surface area contributed by atoms with E-state index in [1.165, 1.54) is 0 Å². The predicted octanol–water partition coefficient (Wildman–Crippen LogP) is 2.78. The van der Waals surface area contributed by atoms with Gasteiger partial charge in [-0.3, -0.25) is 4.79 Å². The topological polar surface area (TPSA) is 45.5 Å². The van der Waals surface area contributed by atoms with Gasteiger partial charge in [0, 0.05) is 25.0 Å². The molecule has 2 unspecified atom stereocenters. The van der Waals surface area contributed by atoms with Gasteiger partial charge in [-0.15, -0.1) is 12.4 Å². The van der Waals surface area contributed by atoms with Gasteiger partial charge in [-0.1, -0.05) is 18.2 Å². The molecule has 4 nitrogen and oxygen atoms in total. The molecule has 1 aromatic heterocycles. The van der Waals surface area contributed by atoms with Gasteiger partial charge in [0.15, 0.2) is 0 Å². The quantitative estimate of drug-likeness (QED) is 0.948. The zero-order chi connectivity index (χ0) is 14.1. The van der Waals surface area contributed by atoms with Crippen molar-refractivity contribution in [3.05, 3.63) is 36.1 Å². The summed E-state index contributed by atoms with van der Waals surface area (Å²) in [6, 6.07) is 10.1. The van der Waals surface area contributed by atoms with Crippen molar-refractivity contribution in [1.29, 1.82) is 0 Å². The highest BCUT2D eigenvalue weighted by Gasteiger charge is 2.28. The van der Waals surface area contributed by atoms with E-state index < -0.39 is 0 Å². The van der Waals surface area contributed by atoms with Crippen LogP contribution in [0.1, 0.15) is 25.0 Å². The van der Waals surface area contributed by atoms with Gasteiger partial charge in [0.2, 0.25) is 5.91 Å². The van der Waals surface area contributed by atoms with E-state index >= 15 is 0 Å². The molecule has 114 valence electrons. The minimum Gasteiger partial charge on any atom is -0.460 e. The number of carbonyl (C=O) groups is 1. The van der Waals surface area contributed by atoms with Crippen LogP contribution < -0.4 is 5.32 Å². The van der Waals surface area contributed by atoms with E-state index in [2.05, 4.69) is 5.32 Å². The maximum atomic E-state index is 12.5. The lowest BCUT2D eigenvalue weighted by Gasteiger charge is -2.26. The summed E-state index contributed by atoms with van der Waals surface area (Å²) in [6.45, 7) is 3.79. The summed E-state index contributed by atoms with van der Waals surface area (Å²) in [5.74, 6) is 0.625. The lowest BCUT2D eigenvalue weighted by atomic mass is 10.1. The zero-order valence-corrected chi connectivity index (χ0v) is 13.2. The van der Waals surface area contributed by atoms with E-state index in [0.29, 0.717) is 6.04 Å². The fourth-order valence-corrected chi connectivity index (χ4v) is 2.79. The monoisotopic (exact) mass is 308 g/mol. The number of rotatable bonds is 3. The number of carbonyl (C=O) groups excluding carboxylic acids is 1. The third-order valence-corrected chi connectivity index (χ3v) is 4.17. The van der Waals surface area contributed by atoms with Crippen molar-refractivity contribution in [2.24, 2.45) is 0 Å². The van der Waals surface area contributed by atoms with Crippen molar-refractivity contribution in [3.8, 4) is 0 Å². The first-order valence-electron chi connectivity index (χ1n) is 7.12. The lowest BCUT2D eigenvalue weighted by Crippen LogP contribution is -2.40. The standard InChI is InChI=1S/C16H20N2O2.ClH/c1-11(16(19)18(2)13-7-8-17-10-13)15-9-12-5-3-4-6-14(12)20-15;/h3-6,9,11,13,17H,7-8,10H2,1-2H3;1H. The Hall–Kier alpha value is -1.52. The lowest BCUT2D eigenvalue weighted by molar-refractivity contribution is -0.133. The third-order valence-electron chi connectivity index (χ3n) is 4.17. The summed E-state index contributed by atoms with van der Waals surface area (Å²) >= 11 is 0. The molecule has 0 aliphatic carbocycles. The second kappa shape index (κ2) is 6.50. The largest absolute Gasteiger partial charge is 0.460 e. The summed E-state index contributed by atoms with van der Waals surface area (Å²) in [6.07, 6.45) is 1.02. The molecule has 21 heavy (non-hydrogen) atoms. The molecule has 0 radical (unpaired) electrons. The maximum absolute atomic E-state index is 12.5. The van der Waals surface area contributed by atoms with Crippen LogP contribution in [0.25, 0.3) is 11.0 Å². The number of halogens is 1. The summed E-state index contributed by atoms with van der Waals surface area (Å²) < 4.78 is 5.80. The van der Waals surface area contributed by atoms with Crippen LogP contribution in [0.15, 0.2) is 34.7 Å². The van der Waals surface area contributed by atoms with Crippen LogP contribution in [-0.4, -0.2) is 37.0 Å². The molecule has 1 saturated heterocycles. The molecule has 2 heterocycles. The predicted molar refractivity (Wildman–Crippen MR) is 85.9 cm³/mol. The minimum absolute atomic E-state index is 0. The summed E-state index contributed by atoms with van der Waals surface area (Å²) in [4.78, 5) is 14.4. The van der Waals surface area contributed by atoms with E-state index in [1.807, 2.05) is 49.2 Å². The molecule has 0 saturated carbocycles. The number of nitrogens with one attached hydrogen (secondary N) is 1. The van der Waals surface area contributed by atoms with Gasteiger partial charge in [0.1, 0.15) is 11.3 Å². The molecule has 5 heteroatoms. The number of furan rings is 1. The first-order valence-corrected chi connectivity index (χ1v) is 7.12. The molecule has 2 atom stereocenters. The zero-order valence-electron chi connectivity index (χ0n) is 12.3. The van der Waals surface area contributed by atoms with Gasteiger partial charge in [0.05, 0.1) is 5.92 Å². The van der Waals surface area contributed by atoms with Gasteiger partial charge in [-0.25, -0.2) is 0 Å². The molecular weight excluding hydrogens is 288 g/mol. The second-order valence-corrected chi connectivity index (χ2v) is 5.50. The van der Waals surface area contributed by atoms with E-state index in [1.54, 1.807) is 0 Å². The first-order chi connectivity index (χ1) is 9.66. The third kappa shape index (κ3) is 3.06. The normalized spacial score (nSPS) is 19.2. The van der Waals surface area contributed by atoms with Gasteiger partial charge in [-0.05, 0) is 32.0 Å². The molecule has 1 N–H and O–H groups in total. The summed E-state index contributed by atoms with van der Waals surface area (Å²) in [7, 11) is 1.89. The van der Waals surface area contributed by atoms with Crippen LogP contribution in [0.4, 0.5) is 0 Å². The minimum atomic E-state index is -0.243. The van der Waals surface area contributed by atoms with E-state index in [4.69, 9.17) is 4.42 Å². The molecule has 3 rings (SSSR count). The Balaban J connectivity index is 0.00000161. The average molecular weight is 309 g/mol. The van der Waals surface area contributed by atoms with Crippen LogP contribution in [0.2, 0.25) is 0 Å². The van der Waals surface area contributed by atoms with Crippen molar-refractivity contribution in [1.82, 2.24) is 10.2 Å². The molecule has 1 aliphatic rings. The maximum Gasteiger partial charge on any atom is 0.233 e. The van der Waals surface area contributed by atoms with Crippen molar-refractivity contribution in [2.45, 2.75) is 25.3 Å². The number of fused-ring (bicyclic) bond motifs is 1. The van der Waals surface area contributed by atoms with Gasteiger partial charge in [-0.2, -0.15) is 0 Å². The van der Waals surface area contributed by atoms with Crippen molar-refractivity contribution >= 4 is 29.3 Å². The molecule has 1 aromatic carbocycles. The molecule has 0 spiro atoms. The Bertz CT molecular complexity index is 587. The van der Waals surface area contributed by atoms with Gasteiger partial charge >= 0.3 is 0 Å². The molecule has 0 bridgehead atoms. The van der Waals surface area contributed by atoms with Crippen molar-refractivity contribution in [3.63, 3.8) is 0 Å². The van der Waals surface area contributed by atoms with E-state index in [0.717, 1.165) is 36.2 Å². The molecule has 2 aromatic rings. The van der Waals surface area contributed by atoms with Crippen molar-refractivity contribution in [2.75, 3.05) is 20.1 Å². The fraction of sp³-hybridized carbons (Fsp3) is 0.438. The number of para-hydroxylation sites is 1. The SMILES string of the molecule is CC(C(=O)N(C)C1CCNC1)c1cc2ccccc2o1.Cl. The van der Waals surface area contributed by atoms with E-state index in [-0.39, 0.29) is 24.2 Å². The van der Waals surface area contributed by atoms with Crippen LogP contribution in [0.5, 0.6) is 0 Å². The Morgan fingerprint density at radius 1 is 1.43 bits per heavy atom. The van der Waals surface area contributed by atoms with E-state index in [9.17, 15) is 4.79 Å². The Morgan fingerprint density at radius 2 is 2.19 bits per heavy atom. The van der Waals surface area contributed by atoms with Crippen LogP contribution >= 0.6 is 12.4 Å². The second-order valence-electron chi connectivity index (χ2n) is 5.50. The highest BCUT2D eigenvalue weighted by Crippen LogP contribution is 2.26. The average Bonchev–Trinajstić information content (AvgIpc) is 3.13. The molecule has 1 fully saturated rings. The van der Waals surface area contributed by atoms with Crippen LogP contribution in [0.3, 0.4) is 0 Å². The number of nitrogens with zero attached hydrogens (tertiary/aromatic N) is 1. The summed E-state index contributed by atoms with van der Waals surface area (Å²) in [5, 5.41) is 4.34. The van der Waals surface area contributed by atoms with Crippen LogP contribution in [-0.2, 0) is 4.79 Å². The number of hydrogen-bond acceptors (Lipinski definition) is 3.